The zero-order valence-electron chi connectivity index (χ0n) is 21.2. The van der Waals surface area contributed by atoms with E-state index in [0.717, 1.165) is 50.8 Å². The number of hydrogen-bond donors (Lipinski definition) is 2. The molecule has 3 aromatic rings. The molecule has 3 aliphatic rings. The highest BCUT2D eigenvalue weighted by Gasteiger charge is 2.47. The van der Waals surface area contributed by atoms with Crippen LogP contribution in [0.15, 0.2) is 84.9 Å². The van der Waals surface area contributed by atoms with Crippen LogP contribution in [0.4, 0.5) is 5.69 Å². The molecule has 0 aromatic heterocycles. The van der Waals surface area contributed by atoms with Crippen LogP contribution in [0, 0.1) is 5.92 Å². The van der Waals surface area contributed by atoms with Crippen LogP contribution in [0.1, 0.15) is 78.5 Å². The predicted octanol–water partition coefficient (Wildman–Crippen LogP) is 6.27. The van der Waals surface area contributed by atoms with Crippen molar-refractivity contribution in [3.8, 4) is 0 Å². The number of likely N-dealkylation sites (tertiary alicyclic amines) is 1. The molecule has 3 aromatic carbocycles. The Balaban J connectivity index is 1.27. The number of fused-ring (bicyclic) bond motifs is 3. The van der Waals surface area contributed by atoms with E-state index in [1.807, 2.05) is 30.3 Å². The van der Waals surface area contributed by atoms with Crippen molar-refractivity contribution < 1.29 is 9.59 Å². The molecule has 2 amide bonds. The van der Waals surface area contributed by atoms with Crippen LogP contribution < -0.4 is 10.6 Å². The SMILES string of the molecule is O=C(NC1(CC(=O)N2CC[C@@H]3C2c2ccccc2N[C@@H]3c2ccccc2)CCCCC1)c1ccccc1. The number of carbonyl (C=O) groups is 2. The molecule has 37 heavy (non-hydrogen) atoms. The summed E-state index contributed by atoms with van der Waals surface area (Å²) < 4.78 is 0. The minimum Gasteiger partial charge on any atom is -0.378 e. The van der Waals surface area contributed by atoms with Crippen LogP contribution in [0.5, 0.6) is 0 Å². The normalized spacial score (nSPS) is 23.9. The van der Waals surface area contributed by atoms with E-state index in [4.69, 9.17) is 0 Å². The van der Waals surface area contributed by atoms with Crippen LogP contribution in [-0.2, 0) is 4.79 Å². The van der Waals surface area contributed by atoms with Crippen molar-refractivity contribution in [1.82, 2.24) is 10.2 Å². The van der Waals surface area contributed by atoms with Gasteiger partial charge in [-0.15, -0.1) is 0 Å². The second-order valence-corrected chi connectivity index (χ2v) is 10.9. The molecule has 190 valence electrons. The van der Waals surface area contributed by atoms with Crippen molar-refractivity contribution in [2.75, 3.05) is 11.9 Å². The molecule has 5 nitrogen and oxygen atoms in total. The highest BCUT2D eigenvalue weighted by atomic mass is 16.2. The predicted molar refractivity (Wildman–Crippen MR) is 146 cm³/mol. The number of para-hydroxylation sites is 1. The fourth-order valence-corrected chi connectivity index (χ4v) is 6.86. The summed E-state index contributed by atoms with van der Waals surface area (Å²) in [5.74, 6) is 0.389. The van der Waals surface area contributed by atoms with Crippen molar-refractivity contribution in [3.05, 3.63) is 102 Å². The molecule has 1 saturated heterocycles. The minimum atomic E-state index is -0.481. The minimum absolute atomic E-state index is 0.0422. The van der Waals surface area contributed by atoms with Crippen LogP contribution in [0.25, 0.3) is 0 Å². The van der Waals surface area contributed by atoms with Crippen LogP contribution in [0.3, 0.4) is 0 Å². The molecule has 2 aliphatic heterocycles. The van der Waals surface area contributed by atoms with Gasteiger partial charge in [0.15, 0.2) is 0 Å². The topological polar surface area (TPSA) is 61.4 Å². The quantitative estimate of drug-likeness (QED) is 0.441. The van der Waals surface area contributed by atoms with Gasteiger partial charge in [0.05, 0.1) is 12.1 Å². The van der Waals surface area contributed by atoms with Gasteiger partial charge in [-0.2, -0.15) is 0 Å². The summed E-state index contributed by atoms with van der Waals surface area (Å²) in [5, 5.41) is 7.11. The van der Waals surface area contributed by atoms with Gasteiger partial charge in [-0.3, -0.25) is 9.59 Å². The van der Waals surface area contributed by atoms with Crippen molar-refractivity contribution in [2.24, 2.45) is 5.92 Å². The first-order chi connectivity index (χ1) is 18.1. The van der Waals surface area contributed by atoms with E-state index < -0.39 is 5.54 Å². The third-order valence-electron chi connectivity index (χ3n) is 8.66. The number of hydrogen-bond acceptors (Lipinski definition) is 3. The first-order valence-electron chi connectivity index (χ1n) is 13.7. The van der Waals surface area contributed by atoms with Gasteiger partial charge in [0.2, 0.25) is 5.91 Å². The Morgan fingerprint density at radius 2 is 1.54 bits per heavy atom. The van der Waals surface area contributed by atoms with Gasteiger partial charge in [0, 0.05) is 35.7 Å². The van der Waals surface area contributed by atoms with Crippen molar-refractivity contribution in [1.29, 1.82) is 0 Å². The Bertz CT molecular complexity index is 1250. The van der Waals surface area contributed by atoms with E-state index in [0.29, 0.717) is 17.9 Å². The smallest absolute Gasteiger partial charge is 0.251 e. The molecular formula is C32H35N3O2. The van der Waals surface area contributed by atoms with E-state index in [1.54, 1.807) is 0 Å². The van der Waals surface area contributed by atoms with E-state index in [-0.39, 0.29) is 23.9 Å². The highest BCUT2D eigenvalue weighted by molar-refractivity contribution is 5.95. The lowest BCUT2D eigenvalue weighted by Gasteiger charge is -2.42. The summed E-state index contributed by atoms with van der Waals surface area (Å²) in [5.41, 5.74) is 3.75. The summed E-state index contributed by atoms with van der Waals surface area (Å²) in [6.07, 6.45) is 6.26. The van der Waals surface area contributed by atoms with Crippen molar-refractivity contribution in [3.63, 3.8) is 0 Å². The number of amides is 2. The molecule has 0 bridgehead atoms. The third kappa shape index (κ3) is 4.63. The largest absolute Gasteiger partial charge is 0.378 e. The Morgan fingerprint density at radius 3 is 2.30 bits per heavy atom. The van der Waals surface area contributed by atoms with E-state index in [1.165, 1.54) is 11.1 Å². The molecule has 2 heterocycles. The average Bonchev–Trinajstić information content (AvgIpc) is 3.40. The fourth-order valence-electron chi connectivity index (χ4n) is 6.86. The molecule has 0 spiro atoms. The Labute approximate surface area is 219 Å². The summed E-state index contributed by atoms with van der Waals surface area (Å²) in [7, 11) is 0. The van der Waals surface area contributed by atoms with E-state index in [2.05, 4.69) is 70.1 Å². The number of anilines is 1. The van der Waals surface area contributed by atoms with Gasteiger partial charge in [-0.1, -0.05) is 86.0 Å². The lowest BCUT2D eigenvalue weighted by atomic mass is 9.78. The molecule has 3 atom stereocenters. The van der Waals surface area contributed by atoms with Crippen molar-refractivity contribution >= 4 is 17.5 Å². The summed E-state index contributed by atoms with van der Waals surface area (Å²) in [6.45, 7) is 0.746. The number of rotatable bonds is 5. The molecule has 1 aliphatic carbocycles. The van der Waals surface area contributed by atoms with Gasteiger partial charge in [-0.25, -0.2) is 0 Å². The number of carbonyl (C=O) groups excluding carboxylic acids is 2. The molecule has 2 N–H and O–H groups in total. The zero-order valence-corrected chi connectivity index (χ0v) is 21.2. The maximum absolute atomic E-state index is 14.1. The Morgan fingerprint density at radius 1 is 0.865 bits per heavy atom. The van der Waals surface area contributed by atoms with Crippen LogP contribution in [-0.4, -0.2) is 28.8 Å². The third-order valence-corrected chi connectivity index (χ3v) is 8.66. The molecule has 5 heteroatoms. The zero-order chi connectivity index (χ0) is 25.2. The van der Waals surface area contributed by atoms with Crippen LogP contribution in [0.2, 0.25) is 0 Å². The monoisotopic (exact) mass is 493 g/mol. The summed E-state index contributed by atoms with van der Waals surface area (Å²) in [4.78, 5) is 29.4. The van der Waals surface area contributed by atoms with Gasteiger partial charge in [0.25, 0.3) is 5.91 Å². The number of nitrogens with zero attached hydrogens (tertiary/aromatic N) is 1. The number of benzene rings is 3. The second-order valence-electron chi connectivity index (χ2n) is 10.9. The highest BCUT2D eigenvalue weighted by Crippen LogP contribution is 2.51. The van der Waals surface area contributed by atoms with Gasteiger partial charge < -0.3 is 15.5 Å². The van der Waals surface area contributed by atoms with Gasteiger partial charge >= 0.3 is 0 Å². The first kappa shape index (κ1) is 23.8. The van der Waals surface area contributed by atoms with Gasteiger partial charge in [0.1, 0.15) is 0 Å². The lowest BCUT2D eigenvalue weighted by Crippen LogP contribution is -2.53. The summed E-state index contributed by atoms with van der Waals surface area (Å²) >= 11 is 0. The van der Waals surface area contributed by atoms with E-state index >= 15 is 0 Å². The van der Waals surface area contributed by atoms with Crippen molar-refractivity contribution in [2.45, 2.75) is 62.6 Å². The van der Waals surface area contributed by atoms with Gasteiger partial charge in [-0.05, 0) is 48.6 Å². The van der Waals surface area contributed by atoms with E-state index in [9.17, 15) is 9.59 Å². The second kappa shape index (κ2) is 10.0. The number of nitrogens with one attached hydrogen (secondary N) is 2. The van der Waals surface area contributed by atoms with Crippen LogP contribution >= 0.6 is 0 Å². The Hall–Kier alpha value is -3.60. The molecule has 0 radical (unpaired) electrons. The summed E-state index contributed by atoms with van der Waals surface area (Å²) in [6, 6.07) is 28.6. The maximum atomic E-state index is 14.1. The molecule has 6 rings (SSSR count). The maximum Gasteiger partial charge on any atom is 0.251 e. The molecular weight excluding hydrogens is 458 g/mol. The fraction of sp³-hybridized carbons (Fsp3) is 0.375. The Kier molecular flexibility index (Phi) is 6.45. The first-order valence-corrected chi connectivity index (χ1v) is 13.7. The average molecular weight is 494 g/mol. The standard InChI is InChI=1S/C32H35N3O2/c36-28(22-32(19-10-3-11-20-32)34-31(37)24-14-6-2-7-15-24)35-21-18-26-29(23-12-4-1-5-13-23)33-27-17-9-8-16-25(27)30(26)35/h1-2,4-9,12-17,26,29-30,33H,3,10-11,18-22H2,(H,34,37)/t26-,29+,30?/m0/s1. The molecule has 1 saturated carbocycles. The molecule has 2 fully saturated rings. The molecule has 1 unspecified atom stereocenters. The lowest BCUT2D eigenvalue weighted by molar-refractivity contribution is -0.134.